The topological polar surface area (TPSA) is 87.3 Å². The quantitative estimate of drug-likeness (QED) is 0.762. The van der Waals surface area contributed by atoms with E-state index in [4.69, 9.17) is 0 Å². The summed E-state index contributed by atoms with van der Waals surface area (Å²) in [6, 6.07) is 15.6. The van der Waals surface area contributed by atoms with Crippen molar-refractivity contribution < 1.29 is 14.4 Å². The maximum absolute atomic E-state index is 11.9. The first-order valence-corrected chi connectivity index (χ1v) is 7.55. The maximum Gasteiger partial charge on any atom is 0.251 e. The molecule has 0 atom stereocenters. The molecule has 0 unspecified atom stereocenters. The predicted molar refractivity (Wildman–Crippen MR) is 92.8 cm³/mol. The zero-order valence-electron chi connectivity index (χ0n) is 13.3. The Labute approximate surface area is 140 Å². The van der Waals surface area contributed by atoms with Gasteiger partial charge in [0.2, 0.25) is 11.8 Å². The molecule has 6 heteroatoms. The van der Waals surface area contributed by atoms with Gasteiger partial charge in [0.05, 0.1) is 0 Å². The zero-order chi connectivity index (χ0) is 17.4. The lowest BCUT2D eigenvalue weighted by Gasteiger charge is -2.08. The Bertz CT molecular complexity index is 712. The van der Waals surface area contributed by atoms with Crippen LogP contribution in [-0.2, 0) is 9.59 Å². The monoisotopic (exact) mass is 325 g/mol. The molecule has 0 saturated carbocycles. The smallest absolute Gasteiger partial charge is 0.251 e. The van der Waals surface area contributed by atoms with Crippen molar-refractivity contribution in [3.63, 3.8) is 0 Å². The van der Waals surface area contributed by atoms with E-state index >= 15 is 0 Å². The summed E-state index contributed by atoms with van der Waals surface area (Å²) in [4.78, 5) is 34.6. The summed E-state index contributed by atoms with van der Waals surface area (Å²) in [5.41, 5.74) is 1.85. The van der Waals surface area contributed by atoms with Gasteiger partial charge in [-0.15, -0.1) is 0 Å². The number of hydrogen-bond donors (Lipinski definition) is 3. The van der Waals surface area contributed by atoms with E-state index in [0.29, 0.717) is 16.9 Å². The van der Waals surface area contributed by atoms with Gasteiger partial charge in [-0.05, 0) is 36.4 Å². The third-order valence-corrected chi connectivity index (χ3v) is 3.16. The van der Waals surface area contributed by atoms with Crippen LogP contribution in [-0.4, -0.2) is 24.3 Å². The van der Waals surface area contributed by atoms with E-state index < -0.39 is 0 Å². The molecule has 0 spiro atoms. The number of hydrogen-bond acceptors (Lipinski definition) is 3. The van der Waals surface area contributed by atoms with Gasteiger partial charge >= 0.3 is 0 Å². The lowest BCUT2D eigenvalue weighted by Crippen LogP contribution is -2.27. The third-order valence-electron chi connectivity index (χ3n) is 3.16. The van der Waals surface area contributed by atoms with Gasteiger partial charge in [0.25, 0.3) is 5.91 Å². The number of anilines is 2. The van der Waals surface area contributed by atoms with Crippen molar-refractivity contribution >= 4 is 29.1 Å². The van der Waals surface area contributed by atoms with Gasteiger partial charge in [0, 0.05) is 36.8 Å². The predicted octanol–water partition coefficient (Wildman–Crippen LogP) is 2.40. The van der Waals surface area contributed by atoms with Crippen LogP contribution >= 0.6 is 0 Å². The molecule has 0 heterocycles. The Kier molecular flexibility index (Phi) is 6.08. The molecule has 0 saturated heterocycles. The molecule has 0 aliphatic heterocycles. The molecular weight excluding hydrogens is 306 g/mol. The van der Waals surface area contributed by atoms with E-state index in [0.717, 1.165) is 0 Å². The summed E-state index contributed by atoms with van der Waals surface area (Å²) in [5.74, 6) is -0.556. The van der Waals surface area contributed by atoms with Crippen LogP contribution in [0, 0.1) is 0 Å². The van der Waals surface area contributed by atoms with E-state index in [2.05, 4.69) is 16.0 Å². The van der Waals surface area contributed by atoms with Gasteiger partial charge in [-0.25, -0.2) is 0 Å². The molecule has 0 aromatic heterocycles. The number of carbonyl (C=O) groups is 3. The van der Waals surface area contributed by atoms with Crippen molar-refractivity contribution in [2.24, 2.45) is 0 Å². The van der Waals surface area contributed by atoms with Crippen LogP contribution in [0.1, 0.15) is 23.7 Å². The van der Waals surface area contributed by atoms with E-state index in [1.807, 2.05) is 6.07 Å². The lowest BCUT2D eigenvalue weighted by molar-refractivity contribution is -0.116. The van der Waals surface area contributed by atoms with Crippen LogP contribution in [0.25, 0.3) is 0 Å². The molecule has 124 valence electrons. The molecule has 0 bridgehead atoms. The Morgan fingerprint density at radius 2 is 1.42 bits per heavy atom. The fraction of sp³-hybridized carbons (Fsp3) is 0.167. The highest BCUT2D eigenvalue weighted by Gasteiger charge is 2.06. The molecular formula is C18H19N3O3. The first-order chi connectivity index (χ1) is 11.5. The number of nitrogens with one attached hydrogen (secondary N) is 3. The fourth-order valence-electron chi connectivity index (χ4n) is 2.04. The molecule has 3 amide bonds. The van der Waals surface area contributed by atoms with Crippen LogP contribution in [0.15, 0.2) is 54.6 Å². The molecule has 6 nitrogen and oxygen atoms in total. The minimum absolute atomic E-state index is 0.152. The Morgan fingerprint density at radius 1 is 0.833 bits per heavy atom. The molecule has 2 aromatic rings. The SMILES string of the molecule is CC(=O)Nc1ccc(NC(=O)CCNC(=O)c2ccccc2)cc1. The Balaban J connectivity index is 1.75. The summed E-state index contributed by atoms with van der Waals surface area (Å²) in [7, 11) is 0. The van der Waals surface area contributed by atoms with Crippen molar-refractivity contribution in [3.05, 3.63) is 60.2 Å². The summed E-state index contributed by atoms with van der Waals surface area (Å²) in [5, 5.41) is 8.08. The van der Waals surface area contributed by atoms with Gasteiger partial charge in [-0.3, -0.25) is 14.4 Å². The van der Waals surface area contributed by atoms with Crippen LogP contribution in [0.2, 0.25) is 0 Å². The fourth-order valence-corrected chi connectivity index (χ4v) is 2.04. The van der Waals surface area contributed by atoms with E-state index in [9.17, 15) is 14.4 Å². The Morgan fingerprint density at radius 3 is 2.00 bits per heavy atom. The Hall–Kier alpha value is -3.15. The van der Waals surface area contributed by atoms with Crippen molar-refractivity contribution in [1.82, 2.24) is 5.32 Å². The second kappa shape index (κ2) is 8.47. The van der Waals surface area contributed by atoms with Gasteiger partial charge < -0.3 is 16.0 Å². The summed E-state index contributed by atoms with van der Waals surface area (Å²) >= 11 is 0. The average molecular weight is 325 g/mol. The van der Waals surface area contributed by atoms with Crippen molar-refractivity contribution in [3.8, 4) is 0 Å². The van der Waals surface area contributed by atoms with Gasteiger partial charge in [-0.1, -0.05) is 18.2 Å². The maximum atomic E-state index is 11.9. The van der Waals surface area contributed by atoms with E-state index in [-0.39, 0.29) is 30.7 Å². The summed E-state index contributed by atoms with van der Waals surface area (Å²) in [6.45, 7) is 1.68. The molecule has 0 fully saturated rings. The molecule has 2 aromatic carbocycles. The normalized spacial score (nSPS) is 9.88. The van der Waals surface area contributed by atoms with E-state index in [1.54, 1.807) is 48.5 Å². The second-order valence-electron chi connectivity index (χ2n) is 5.18. The van der Waals surface area contributed by atoms with Crippen molar-refractivity contribution in [2.45, 2.75) is 13.3 Å². The number of rotatable bonds is 6. The summed E-state index contributed by atoms with van der Waals surface area (Å²) in [6.07, 6.45) is 0.173. The molecule has 24 heavy (non-hydrogen) atoms. The molecule has 0 aliphatic rings. The van der Waals surface area contributed by atoms with Gasteiger partial charge in [0.1, 0.15) is 0 Å². The molecule has 0 aliphatic carbocycles. The number of amides is 3. The largest absolute Gasteiger partial charge is 0.352 e. The number of carbonyl (C=O) groups excluding carboxylic acids is 3. The minimum atomic E-state index is -0.205. The highest BCUT2D eigenvalue weighted by Crippen LogP contribution is 2.13. The zero-order valence-corrected chi connectivity index (χ0v) is 13.3. The van der Waals surface area contributed by atoms with Gasteiger partial charge in [0.15, 0.2) is 0 Å². The number of benzene rings is 2. The minimum Gasteiger partial charge on any atom is -0.352 e. The van der Waals surface area contributed by atoms with Crippen molar-refractivity contribution in [1.29, 1.82) is 0 Å². The average Bonchev–Trinajstić information content (AvgIpc) is 2.57. The third kappa shape index (κ3) is 5.57. The highest BCUT2D eigenvalue weighted by molar-refractivity contribution is 5.95. The van der Waals surface area contributed by atoms with Crippen LogP contribution in [0.4, 0.5) is 11.4 Å². The van der Waals surface area contributed by atoms with E-state index in [1.165, 1.54) is 6.92 Å². The first kappa shape index (κ1) is 17.2. The first-order valence-electron chi connectivity index (χ1n) is 7.55. The van der Waals surface area contributed by atoms with Crippen LogP contribution in [0.5, 0.6) is 0 Å². The second-order valence-corrected chi connectivity index (χ2v) is 5.18. The van der Waals surface area contributed by atoms with Gasteiger partial charge in [-0.2, -0.15) is 0 Å². The van der Waals surface area contributed by atoms with Crippen LogP contribution < -0.4 is 16.0 Å². The molecule has 0 radical (unpaired) electrons. The molecule has 2 rings (SSSR count). The summed E-state index contributed by atoms with van der Waals surface area (Å²) < 4.78 is 0. The van der Waals surface area contributed by atoms with Crippen molar-refractivity contribution in [2.75, 3.05) is 17.2 Å². The molecule has 3 N–H and O–H groups in total. The highest BCUT2D eigenvalue weighted by atomic mass is 16.2. The standard InChI is InChI=1S/C18H19N3O3/c1-13(22)20-15-7-9-16(10-8-15)21-17(23)11-12-19-18(24)14-5-3-2-4-6-14/h2-10H,11-12H2,1H3,(H,19,24)(H,20,22)(H,21,23). The van der Waals surface area contributed by atoms with Crippen LogP contribution in [0.3, 0.4) is 0 Å². The lowest BCUT2D eigenvalue weighted by atomic mass is 10.2.